The van der Waals surface area contributed by atoms with Gasteiger partial charge in [0.2, 0.25) is 0 Å². The van der Waals surface area contributed by atoms with Crippen molar-refractivity contribution in [2.45, 2.75) is 90.1 Å². The summed E-state index contributed by atoms with van der Waals surface area (Å²) < 4.78 is 43.5. The van der Waals surface area contributed by atoms with Crippen molar-refractivity contribution in [3.63, 3.8) is 0 Å². The molecule has 1 fully saturated rings. The molecule has 2 aromatic carbocycles. The first-order chi connectivity index (χ1) is 26.7. The molecule has 15 heteroatoms. The summed E-state index contributed by atoms with van der Waals surface area (Å²) in [6, 6.07) is 8.97. The number of cyclic esters (lactones) is 1. The number of allylic oxidation sites excluding steroid dienone is 2. The van der Waals surface area contributed by atoms with E-state index in [9.17, 15) is 23.1 Å². The Morgan fingerprint density at radius 1 is 1.23 bits per heavy atom. The second-order valence-corrected chi connectivity index (χ2v) is 16.7. The van der Waals surface area contributed by atoms with Crippen LogP contribution in [0.4, 0.5) is 0 Å². The van der Waals surface area contributed by atoms with Crippen LogP contribution in [0.25, 0.3) is 27.6 Å². The number of carbonyl (C=O) groups excluding carboxylic acids is 2. The van der Waals surface area contributed by atoms with Crippen LogP contribution in [-0.4, -0.2) is 89.6 Å². The van der Waals surface area contributed by atoms with Gasteiger partial charge in [-0.1, -0.05) is 38.6 Å². The van der Waals surface area contributed by atoms with Gasteiger partial charge in [-0.05, 0) is 93.0 Å². The summed E-state index contributed by atoms with van der Waals surface area (Å²) in [5.74, 6) is -1.14. The van der Waals surface area contributed by atoms with Crippen LogP contribution in [0.3, 0.4) is 0 Å². The Labute approximate surface area is 327 Å². The number of hydrogen-bond donors (Lipinski definition) is 4. The van der Waals surface area contributed by atoms with Gasteiger partial charge in [0.25, 0.3) is 15.9 Å². The summed E-state index contributed by atoms with van der Waals surface area (Å²) in [4.78, 5) is 39.0. The first kappa shape index (κ1) is 40.6. The van der Waals surface area contributed by atoms with Gasteiger partial charge in [-0.3, -0.25) is 19.6 Å². The number of nitrogens with zero attached hydrogens (tertiary/aromatic N) is 4. The van der Waals surface area contributed by atoms with Crippen molar-refractivity contribution in [2.24, 2.45) is 10.4 Å². The van der Waals surface area contributed by atoms with Crippen LogP contribution in [0.5, 0.6) is 5.75 Å². The standard InChI is InChI=1S/C41H51N7O7S/c1-8-30(37(43-9-2)25(4)54-7)38-32-21-41(5,6)23-55-40(51)33-12-11-15-48(45-33)39(50)34(46-56(52,53)36-22-42-24-44-36)18-26-16-28(19-29(49)17-26)27-13-14-35(31(32)20-27)47(38)10-3/h8-9,13-14,16-17,19-20,22,24-25,33-34,45-46,49H,1,10-12,15,18,21,23H2,2-7H3,(H,42,44)/b37-30+,43-9?/t25-,33-,34-/m0/s1. The number of fused-ring (bicyclic) bond motifs is 6. The number of methoxy groups -OCH3 is 1. The molecule has 2 aromatic heterocycles. The third-order valence-electron chi connectivity index (χ3n) is 10.3. The quantitative estimate of drug-likeness (QED) is 0.0997. The first-order valence-corrected chi connectivity index (χ1v) is 20.3. The molecule has 0 saturated carbocycles. The molecule has 4 aromatic rings. The molecule has 6 rings (SSSR count). The predicted octanol–water partition coefficient (Wildman–Crippen LogP) is 5.29. The van der Waals surface area contributed by atoms with E-state index in [0.717, 1.165) is 45.2 Å². The van der Waals surface area contributed by atoms with E-state index in [1.807, 2.05) is 52.0 Å². The second kappa shape index (κ2) is 16.6. The summed E-state index contributed by atoms with van der Waals surface area (Å²) in [5, 5.41) is 13.1. The van der Waals surface area contributed by atoms with E-state index in [1.165, 1.54) is 17.4 Å². The molecule has 2 aliphatic rings. The van der Waals surface area contributed by atoms with Crippen molar-refractivity contribution in [2.75, 3.05) is 20.3 Å². The summed E-state index contributed by atoms with van der Waals surface area (Å²) >= 11 is 0. The maximum absolute atomic E-state index is 14.2. The van der Waals surface area contributed by atoms with Gasteiger partial charge in [-0.15, -0.1) is 0 Å². The molecule has 0 unspecified atom stereocenters. The number of aromatic nitrogens is 3. The van der Waals surface area contributed by atoms with Crippen LogP contribution in [-0.2, 0) is 48.5 Å². The molecule has 298 valence electrons. The molecule has 1 saturated heterocycles. The molecule has 4 N–H and O–H groups in total. The van der Waals surface area contributed by atoms with Gasteiger partial charge in [-0.25, -0.2) is 18.8 Å². The number of nitrogens with one attached hydrogen (secondary N) is 3. The molecule has 0 aliphatic carbocycles. The molecular weight excluding hydrogens is 735 g/mol. The van der Waals surface area contributed by atoms with Crippen LogP contribution in [0, 0.1) is 5.41 Å². The lowest BCUT2D eigenvalue weighted by Gasteiger charge is -2.35. The van der Waals surface area contributed by atoms with Crippen molar-refractivity contribution < 1.29 is 32.6 Å². The van der Waals surface area contributed by atoms with Crippen LogP contribution in [0.1, 0.15) is 64.3 Å². The van der Waals surface area contributed by atoms with E-state index >= 15 is 0 Å². The average molecular weight is 786 g/mol. The molecule has 4 heterocycles. The molecule has 0 radical (unpaired) electrons. The summed E-state index contributed by atoms with van der Waals surface area (Å²) in [6.45, 7) is 15.2. The Hall–Kier alpha value is -5.09. The van der Waals surface area contributed by atoms with Crippen LogP contribution in [0.2, 0.25) is 0 Å². The van der Waals surface area contributed by atoms with Crippen molar-refractivity contribution in [1.29, 1.82) is 0 Å². The Morgan fingerprint density at radius 2 is 2.02 bits per heavy atom. The molecule has 2 aliphatic heterocycles. The van der Waals surface area contributed by atoms with Gasteiger partial charge < -0.3 is 24.1 Å². The predicted molar refractivity (Wildman–Crippen MR) is 215 cm³/mol. The number of hydrazine groups is 1. The van der Waals surface area contributed by atoms with Crippen LogP contribution >= 0.6 is 0 Å². The molecule has 6 bridgehead atoms. The number of aryl methyl sites for hydroxylation is 1. The number of amides is 1. The second-order valence-electron chi connectivity index (χ2n) is 15.0. The number of aromatic hydroxyl groups is 1. The minimum atomic E-state index is -4.22. The molecule has 3 atom stereocenters. The number of aliphatic imine (C=N–C) groups is 1. The zero-order chi connectivity index (χ0) is 40.4. The monoisotopic (exact) mass is 785 g/mol. The number of rotatable bonds is 9. The van der Waals surface area contributed by atoms with E-state index in [0.29, 0.717) is 36.9 Å². The lowest BCUT2D eigenvalue weighted by atomic mass is 9.84. The van der Waals surface area contributed by atoms with Crippen molar-refractivity contribution in [3.8, 4) is 16.9 Å². The van der Waals surface area contributed by atoms with Crippen molar-refractivity contribution >= 4 is 44.6 Å². The van der Waals surface area contributed by atoms with Crippen molar-refractivity contribution in [1.82, 2.24) is 29.7 Å². The number of phenolic OH excluding ortho intramolecular Hbond substituents is 1. The molecular formula is C41H51N7O7S. The summed E-state index contributed by atoms with van der Waals surface area (Å²) in [5.41, 5.74) is 8.89. The molecule has 0 spiro atoms. The maximum Gasteiger partial charge on any atom is 0.324 e. The SMILES string of the molecule is C=C/C(=C(\N=CC)[C@H](C)OC)c1c2c3cc(ccc3n1CC)-c1cc(O)cc(c1)C[C@H](NS(=O)(=O)c1cnc[nH]1)C(=O)N1CCC[C@H](N1)C(=O)OCC(C)(C)C2. The fourth-order valence-corrected chi connectivity index (χ4v) is 8.69. The third-order valence-corrected chi connectivity index (χ3v) is 11.7. The van der Waals surface area contributed by atoms with Crippen LogP contribution in [0.15, 0.2) is 77.3 Å². The maximum atomic E-state index is 14.2. The highest BCUT2D eigenvalue weighted by Gasteiger charge is 2.36. The van der Waals surface area contributed by atoms with Gasteiger partial charge in [-0.2, -0.15) is 4.72 Å². The molecule has 1 amide bonds. The largest absolute Gasteiger partial charge is 0.508 e. The van der Waals surface area contributed by atoms with Gasteiger partial charge in [0, 0.05) is 48.3 Å². The zero-order valence-electron chi connectivity index (χ0n) is 32.8. The van der Waals surface area contributed by atoms with E-state index in [1.54, 1.807) is 19.4 Å². The lowest BCUT2D eigenvalue weighted by molar-refractivity contribution is -0.155. The Morgan fingerprint density at radius 3 is 2.70 bits per heavy atom. The number of benzene rings is 2. The van der Waals surface area contributed by atoms with Gasteiger partial charge in [0.1, 0.15) is 17.8 Å². The average Bonchev–Trinajstić information content (AvgIpc) is 3.83. The smallest absolute Gasteiger partial charge is 0.324 e. The number of esters is 1. The normalized spacial score (nSPS) is 20.4. The number of sulfonamides is 1. The van der Waals surface area contributed by atoms with Crippen molar-refractivity contribution in [3.05, 3.63) is 84.1 Å². The van der Waals surface area contributed by atoms with E-state index < -0.39 is 39.4 Å². The van der Waals surface area contributed by atoms with E-state index in [2.05, 4.69) is 44.3 Å². The minimum absolute atomic E-state index is 0.0470. The Bertz CT molecular complexity index is 2290. The number of aromatic amines is 1. The zero-order valence-corrected chi connectivity index (χ0v) is 33.6. The minimum Gasteiger partial charge on any atom is -0.508 e. The van der Waals surface area contributed by atoms with Gasteiger partial charge in [0.05, 0.1) is 36.6 Å². The fraction of sp³-hybridized carbons (Fsp3) is 0.415. The number of hydrogen-bond acceptors (Lipinski definition) is 10. The number of carbonyl (C=O) groups is 2. The lowest BCUT2D eigenvalue weighted by Crippen LogP contribution is -2.60. The highest BCUT2D eigenvalue weighted by molar-refractivity contribution is 7.89. The fourth-order valence-electron chi connectivity index (χ4n) is 7.60. The highest BCUT2D eigenvalue weighted by Crippen LogP contribution is 2.40. The summed E-state index contributed by atoms with van der Waals surface area (Å²) in [6.07, 6.45) is 6.91. The van der Waals surface area contributed by atoms with Gasteiger partial charge >= 0.3 is 5.97 Å². The first-order valence-electron chi connectivity index (χ1n) is 18.8. The number of imidazole rings is 1. The van der Waals surface area contributed by atoms with E-state index in [-0.39, 0.29) is 36.5 Å². The number of ether oxygens (including phenoxy) is 2. The Balaban J connectivity index is 1.57. The van der Waals surface area contributed by atoms with E-state index in [4.69, 9.17) is 14.5 Å². The Kier molecular flexibility index (Phi) is 12.0. The highest BCUT2D eigenvalue weighted by atomic mass is 32.2. The number of H-pyrrole nitrogens is 1. The van der Waals surface area contributed by atoms with Gasteiger partial charge in [0.15, 0.2) is 5.03 Å². The molecule has 14 nitrogen and oxygen atoms in total. The topological polar surface area (TPSA) is 180 Å². The number of phenols is 1. The van der Waals surface area contributed by atoms with Crippen LogP contribution < -0.4 is 10.1 Å². The summed E-state index contributed by atoms with van der Waals surface area (Å²) in [7, 11) is -2.58. The molecule has 56 heavy (non-hydrogen) atoms. The third kappa shape index (κ3) is 8.36.